The smallest absolute Gasteiger partial charge is 0.307 e. The monoisotopic (exact) mass is 277 g/mol. The summed E-state index contributed by atoms with van der Waals surface area (Å²) in [5.41, 5.74) is 0.984. The molecule has 106 valence electrons. The Balaban J connectivity index is 1.86. The van der Waals surface area contributed by atoms with Crippen molar-refractivity contribution in [1.29, 1.82) is 0 Å². The number of rotatable bonds is 2. The Morgan fingerprint density at radius 1 is 1.30 bits per heavy atom. The average molecular weight is 277 g/mol. The quantitative estimate of drug-likeness (QED) is 0.899. The molecule has 1 amide bonds. The first kappa shape index (κ1) is 13.1. The van der Waals surface area contributed by atoms with E-state index in [0.29, 0.717) is 13.0 Å². The molecule has 2 heterocycles. The number of halogens is 1. The minimum Gasteiger partial charge on any atom is -0.481 e. The molecule has 2 aliphatic heterocycles. The van der Waals surface area contributed by atoms with Crippen LogP contribution in [0.25, 0.3) is 0 Å². The summed E-state index contributed by atoms with van der Waals surface area (Å²) in [5.74, 6) is -1.74. The lowest BCUT2D eigenvalue weighted by Crippen LogP contribution is -2.45. The van der Waals surface area contributed by atoms with E-state index in [0.717, 1.165) is 12.0 Å². The van der Waals surface area contributed by atoms with Crippen molar-refractivity contribution in [3.63, 3.8) is 0 Å². The molecular formula is C15H16FNO3. The molecule has 0 radical (unpaired) electrons. The summed E-state index contributed by atoms with van der Waals surface area (Å²) in [5, 5.41) is 9.15. The molecule has 0 saturated carbocycles. The highest BCUT2D eigenvalue weighted by atomic mass is 19.1. The lowest BCUT2D eigenvalue weighted by Gasteiger charge is -2.35. The van der Waals surface area contributed by atoms with Crippen molar-refractivity contribution in [2.24, 2.45) is 5.92 Å². The first-order valence-corrected chi connectivity index (χ1v) is 6.84. The molecule has 2 saturated heterocycles. The van der Waals surface area contributed by atoms with Gasteiger partial charge in [-0.25, -0.2) is 4.39 Å². The molecule has 4 nitrogen and oxygen atoms in total. The van der Waals surface area contributed by atoms with Crippen LogP contribution in [0.15, 0.2) is 24.3 Å². The van der Waals surface area contributed by atoms with Gasteiger partial charge in [0.2, 0.25) is 5.91 Å². The number of carbonyl (C=O) groups is 2. The van der Waals surface area contributed by atoms with E-state index >= 15 is 0 Å². The second kappa shape index (κ2) is 4.89. The minimum absolute atomic E-state index is 0.0668. The molecule has 1 aromatic rings. The molecule has 3 atom stereocenters. The van der Waals surface area contributed by atoms with Crippen molar-refractivity contribution in [2.75, 3.05) is 6.54 Å². The van der Waals surface area contributed by atoms with E-state index in [1.165, 1.54) is 12.1 Å². The Hall–Kier alpha value is -1.91. The van der Waals surface area contributed by atoms with E-state index < -0.39 is 11.9 Å². The number of carboxylic acid groups (broad SMARTS) is 1. The Morgan fingerprint density at radius 2 is 2.00 bits per heavy atom. The van der Waals surface area contributed by atoms with Gasteiger partial charge in [-0.3, -0.25) is 9.59 Å². The van der Waals surface area contributed by atoms with E-state index in [2.05, 4.69) is 0 Å². The molecule has 3 unspecified atom stereocenters. The summed E-state index contributed by atoms with van der Waals surface area (Å²) >= 11 is 0. The van der Waals surface area contributed by atoms with Crippen LogP contribution in [0.1, 0.15) is 30.7 Å². The highest BCUT2D eigenvalue weighted by Crippen LogP contribution is 2.40. The second-order valence-corrected chi connectivity index (χ2v) is 5.58. The normalized spacial score (nSPS) is 29.4. The van der Waals surface area contributed by atoms with Gasteiger partial charge in [0, 0.05) is 24.9 Å². The first-order chi connectivity index (χ1) is 9.56. The fourth-order valence-electron chi connectivity index (χ4n) is 3.44. The molecule has 20 heavy (non-hydrogen) atoms. The van der Waals surface area contributed by atoms with E-state index in [9.17, 15) is 14.0 Å². The predicted octanol–water partition coefficient (Wildman–Crippen LogP) is 2.00. The third-order valence-electron chi connectivity index (χ3n) is 4.46. The predicted molar refractivity (Wildman–Crippen MR) is 69.6 cm³/mol. The van der Waals surface area contributed by atoms with Crippen LogP contribution in [-0.2, 0) is 9.59 Å². The fraction of sp³-hybridized carbons (Fsp3) is 0.467. The molecule has 0 bridgehead atoms. The maximum absolute atomic E-state index is 13.0. The summed E-state index contributed by atoms with van der Waals surface area (Å²) < 4.78 is 13.0. The number of carbonyl (C=O) groups excluding carboxylic acids is 1. The summed E-state index contributed by atoms with van der Waals surface area (Å²) in [4.78, 5) is 25.0. The van der Waals surface area contributed by atoms with Gasteiger partial charge in [0.05, 0.1) is 5.92 Å². The van der Waals surface area contributed by atoms with Crippen molar-refractivity contribution in [3.8, 4) is 0 Å². The number of amides is 1. The van der Waals surface area contributed by atoms with Gasteiger partial charge in [0.15, 0.2) is 0 Å². The largest absolute Gasteiger partial charge is 0.481 e. The van der Waals surface area contributed by atoms with E-state index in [-0.39, 0.29) is 30.1 Å². The minimum atomic E-state index is -0.900. The van der Waals surface area contributed by atoms with Crippen LogP contribution in [0.3, 0.4) is 0 Å². The zero-order valence-electron chi connectivity index (χ0n) is 11.0. The third-order valence-corrected chi connectivity index (χ3v) is 4.46. The maximum Gasteiger partial charge on any atom is 0.307 e. The van der Waals surface area contributed by atoms with Crippen LogP contribution in [-0.4, -0.2) is 34.5 Å². The van der Waals surface area contributed by atoms with Crippen LogP contribution < -0.4 is 0 Å². The van der Waals surface area contributed by atoms with Crippen molar-refractivity contribution in [3.05, 3.63) is 35.6 Å². The SMILES string of the molecule is O=C(O)C1CC(=O)N2CCC(c3ccc(F)cc3)C2C1. The highest BCUT2D eigenvalue weighted by Gasteiger charge is 2.44. The van der Waals surface area contributed by atoms with Crippen LogP contribution in [0.5, 0.6) is 0 Å². The van der Waals surface area contributed by atoms with E-state index in [4.69, 9.17) is 5.11 Å². The molecular weight excluding hydrogens is 261 g/mol. The number of fused-ring (bicyclic) bond motifs is 1. The van der Waals surface area contributed by atoms with Gasteiger partial charge in [-0.1, -0.05) is 12.1 Å². The molecule has 5 heteroatoms. The number of benzene rings is 1. The molecule has 0 aromatic heterocycles. The first-order valence-electron chi connectivity index (χ1n) is 6.84. The van der Waals surface area contributed by atoms with E-state index in [1.54, 1.807) is 17.0 Å². The molecule has 1 aromatic carbocycles. The van der Waals surface area contributed by atoms with Crippen molar-refractivity contribution in [2.45, 2.75) is 31.2 Å². The number of nitrogens with zero attached hydrogens (tertiary/aromatic N) is 1. The summed E-state index contributed by atoms with van der Waals surface area (Å²) in [6.45, 7) is 0.665. The topological polar surface area (TPSA) is 57.6 Å². The molecule has 1 N–H and O–H groups in total. The summed E-state index contributed by atoms with van der Waals surface area (Å²) in [6, 6.07) is 6.23. The van der Waals surface area contributed by atoms with Crippen molar-refractivity contribution in [1.82, 2.24) is 4.90 Å². The van der Waals surface area contributed by atoms with Crippen LogP contribution in [0.4, 0.5) is 4.39 Å². The molecule has 0 aliphatic carbocycles. The van der Waals surface area contributed by atoms with Gasteiger partial charge >= 0.3 is 5.97 Å². The van der Waals surface area contributed by atoms with Gasteiger partial charge in [-0.05, 0) is 30.5 Å². The Kier molecular flexibility index (Phi) is 3.20. The van der Waals surface area contributed by atoms with Gasteiger partial charge in [0.25, 0.3) is 0 Å². The van der Waals surface area contributed by atoms with Gasteiger partial charge in [-0.15, -0.1) is 0 Å². The van der Waals surface area contributed by atoms with Gasteiger partial charge in [0.1, 0.15) is 5.82 Å². The standard InChI is InChI=1S/C15H16FNO3/c16-11-3-1-9(2-4-11)12-5-6-17-13(12)7-10(15(19)20)8-14(17)18/h1-4,10,12-13H,5-8H2,(H,19,20). The number of carboxylic acids is 1. The molecule has 0 spiro atoms. The number of hydrogen-bond donors (Lipinski definition) is 1. The zero-order chi connectivity index (χ0) is 14.3. The van der Waals surface area contributed by atoms with Crippen molar-refractivity contribution < 1.29 is 19.1 Å². The lowest BCUT2D eigenvalue weighted by molar-refractivity contribution is -0.150. The second-order valence-electron chi connectivity index (χ2n) is 5.58. The number of piperidine rings is 1. The third kappa shape index (κ3) is 2.17. The Bertz CT molecular complexity index is 543. The van der Waals surface area contributed by atoms with Crippen molar-refractivity contribution >= 4 is 11.9 Å². The summed E-state index contributed by atoms with van der Waals surface area (Å²) in [7, 11) is 0. The average Bonchev–Trinajstić information content (AvgIpc) is 2.84. The fourth-order valence-corrected chi connectivity index (χ4v) is 3.44. The van der Waals surface area contributed by atoms with Gasteiger partial charge in [-0.2, -0.15) is 0 Å². The van der Waals surface area contributed by atoms with Crippen LogP contribution in [0, 0.1) is 11.7 Å². The Morgan fingerprint density at radius 3 is 2.65 bits per heavy atom. The highest BCUT2D eigenvalue weighted by molar-refractivity contribution is 5.84. The zero-order valence-corrected chi connectivity index (χ0v) is 11.0. The molecule has 3 rings (SSSR count). The molecule has 2 fully saturated rings. The van der Waals surface area contributed by atoms with E-state index in [1.807, 2.05) is 0 Å². The Labute approximate surface area is 116 Å². The van der Waals surface area contributed by atoms with Crippen LogP contribution in [0.2, 0.25) is 0 Å². The number of hydrogen-bond acceptors (Lipinski definition) is 2. The van der Waals surface area contributed by atoms with Gasteiger partial charge < -0.3 is 10.0 Å². The lowest BCUT2D eigenvalue weighted by atomic mass is 9.83. The maximum atomic E-state index is 13.0. The molecule has 2 aliphatic rings. The van der Waals surface area contributed by atoms with Crippen LogP contribution >= 0.6 is 0 Å². The summed E-state index contributed by atoms with van der Waals surface area (Å²) in [6.07, 6.45) is 1.40. The number of aliphatic carboxylic acids is 1.